The highest BCUT2D eigenvalue weighted by Gasteiger charge is 2.36. The minimum absolute atomic E-state index is 0.0139. The van der Waals surface area contributed by atoms with Gasteiger partial charge in [0.05, 0.1) is 29.8 Å². The number of hydrogen-bond acceptors (Lipinski definition) is 6. The first-order valence-corrected chi connectivity index (χ1v) is 11.7. The third-order valence-electron chi connectivity index (χ3n) is 5.16. The number of aromatic nitrogens is 3. The average molecular weight is 449 g/mol. The maximum Gasteiger partial charge on any atom is 0.238 e. The molecule has 1 N–H and O–H groups in total. The van der Waals surface area contributed by atoms with Crippen molar-refractivity contribution in [2.75, 3.05) is 17.8 Å². The highest BCUT2D eigenvalue weighted by Crippen LogP contribution is 2.43. The third kappa shape index (κ3) is 4.00. The van der Waals surface area contributed by atoms with Gasteiger partial charge in [-0.05, 0) is 36.4 Å². The molecular formula is C23H20N4O2S2. The minimum Gasteiger partial charge on any atom is -0.497 e. The minimum atomic E-state index is 0.0139. The van der Waals surface area contributed by atoms with E-state index in [0.29, 0.717) is 11.0 Å². The normalized spacial score (nSPS) is 19.1. The van der Waals surface area contributed by atoms with Crippen LogP contribution in [0.3, 0.4) is 0 Å². The van der Waals surface area contributed by atoms with Crippen molar-refractivity contribution >= 4 is 35.1 Å². The molecule has 1 aliphatic carbocycles. The van der Waals surface area contributed by atoms with Crippen LogP contribution in [0.1, 0.15) is 0 Å². The zero-order valence-electron chi connectivity index (χ0n) is 16.8. The van der Waals surface area contributed by atoms with E-state index in [1.165, 1.54) is 11.8 Å². The van der Waals surface area contributed by atoms with Crippen LogP contribution in [0, 0.1) is 0 Å². The number of methoxy groups -OCH3 is 1. The zero-order valence-corrected chi connectivity index (χ0v) is 18.4. The number of H-pyrrole nitrogens is 1. The fraction of sp³-hybridized carbons (Fsp3) is 0.174. The van der Waals surface area contributed by atoms with Crippen molar-refractivity contribution in [1.29, 1.82) is 0 Å². The van der Waals surface area contributed by atoms with Crippen LogP contribution in [0.25, 0.3) is 11.4 Å². The number of thioether (sulfide) groups is 2. The van der Waals surface area contributed by atoms with Crippen LogP contribution in [0.15, 0.2) is 82.9 Å². The maximum atomic E-state index is 13.3. The van der Waals surface area contributed by atoms with Gasteiger partial charge in [-0.15, -0.1) is 16.9 Å². The molecule has 156 valence electrons. The Bertz CT molecular complexity index is 1160. The van der Waals surface area contributed by atoms with Crippen molar-refractivity contribution in [3.05, 3.63) is 72.8 Å². The van der Waals surface area contributed by atoms with Crippen molar-refractivity contribution in [1.82, 2.24) is 15.2 Å². The number of anilines is 1. The third-order valence-corrected chi connectivity index (χ3v) is 7.30. The number of amides is 1. The first-order chi connectivity index (χ1) is 15.2. The van der Waals surface area contributed by atoms with Crippen molar-refractivity contribution < 1.29 is 9.53 Å². The summed E-state index contributed by atoms with van der Waals surface area (Å²) < 4.78 is 5.19. The topological polar surface area (TPSA) is 71.1 Å². The van der Waals surface area contributed by atoms with E-state index < -0.39 is 0 Å². The van der Waals surface area contributed by atoms with Crippen LogP contribution < -0.4 is 9.64 Å². The van der Waals surface area contributed by atoms with E-state index in [0.717, 1.165) is 21.9 Å². The first kappa shape index (κ1) is 20.0. The SMILES string of the molecule is COc1ccc(-c2nc(SCC(=O)N3c4ccccc4S[C@H]4C=CC=C[C@@H]43)n[nH]2)cc1. The molecule has 2 aromatic carbocycles. The van der Waals surface area contributed by atoms with Gasteiger partial charge < -0.3 is 9.64 Å². The summed E-state index contributed by atoms with van der Waals surface area (Å²) in [5.41, 5.74) is 1.88. The van der Waals surface area contributed by atoms with Crippen molar-refractivity contribution in [3.63, 3.8) is 0 Å². The average Bonchev–Trinajstić information content (AvgIpc) is 3.30. The summed E-state index contributed by atoms with van der Waals surface area (Å²) in [6.07, 6.45) is 8.33. The van der Waals surface area contributed by atoms with Gasteiger partial charge in [0.1, 0.15) is 5.75 Å². The number of ether oxygens (including phenoxy) is 1. The molecule has 1 aliphatic heterocycles. The van der Waals surface area contributed by atoms with E-state index in [2.05, 4.69) is 33.4 Å². The van der Waals surface area contributed by atoms with Gasteiger partial charge in [-0.1, -0.05) is 48.2 Å². The summed E-state index contributed by atoms with van der Waals surface area (Å²) in [7, 11) is 1.64. The predicted octanol–water partition coefficient (Wildman–Crippen LogP) is 4.57. The van der Waals surface area contributed by atoms with Gasteiger partial charge in [0.15, 0.2) is 5.82 Å². The Hall–Kier alpha value is -2.97. The van der Waals surface area contributed by atoms with Crippen LogP contribution >= 0.6 is 23.5 Å². The van der Waals surface area contributed by atoms with E-state index in [4.69, 9.17) is 4.74 Å². The summed E-state index contributed by atoms with van der Waals surface area (Å²) >= 11 is 3.14. The number of nitrogens with zero attached hydrogens (tertiary/aromatic N) is 3. The Balaban J connectivity index is 1.32. The molecular weight excluding hydrogens is 428 g/mol. The Morgan fingerprint density at radius 3 is 2.81 bits per heavy atom. The molecule has 6 nitrogen and oxygen atoms in total. The Kier molecular flexibility index (Phi) is 5.57. The van der Waals surface area contributed by atoms with E-state index in [1.54, 1.807) is 18.9 Å². The van der Waals surface area contributed by atoms with Crippen molar-refractivity contribution in [2.24, 2.45) is 0 Å². The molecule has 0 radical (unpaired) electrons. The molecule has 3 aromatic rings. The molecule has 1 amide bonds. The van der Waals surface area contributed by atoms with E-state index in [-0.39, 0.29) is 23.0 Å². The molecule has 0 saturated carbocycles. The fourth-order valence-electron chi connectivity index (χ4n) is 3.67. The van der Waals surface area contributed by atoms with Gasteiger partial charge in [-0.2, -0.15) is 0 Å². The van der Waals surface area contributed by atoms with Gasteiger partial charge in [0.25, 0.3) is 0 Å². The molecule has 2 atom stereocenters. The molecule has 2 heterocycles. The predicted molar refractivity (Wildman–Crippen MR) is 125 cm³/mol. The van der Waals surface area contributed by atoms with Crippen LogP contribution in [0.4, 0.5) is 5.69 Å². The lowest BCUT2D eigenvalue weighted by atomic mass is 10.0. The summed E-state index contributed by atoms with van der Waals surface area (Å²) in [6, 6.07) is 15.7. The van der Waals surface area contributed by atoms with Gasteiger partial charge in [-0.25, -0.2) is 4.98 Å². The van der Waals surface area contributed by atoms with Gasteiger partial charge >= 0.3 is 0 Å². The van der Waals surface area contributed by atoms with E-state index in [9.17, 15) is 4.79 Å². The molecule has 31 heavy (non-hydrogen) atoms. The van der Waals surface area contributed by atoms with Crippen LogP contribution in [0.2, 0.25) is 0 Å². The first-order valence-electron chi connectivity index (χ1n) is 9.85. The van der Waals surface area contributed by atoms with Crippen LogP contribution in [0.5, 0.6) is 5.75 Å². The maximum absolute atomic E-state index is 13.3. The number of nitrogens with one attached hydrogen (secondary N) is 1. The second kappa shape index (κ2) is 8.64. The number of rotatable bonds is 5. The van der Waals surface area contributed by atoms with Crippen molar-refractivity contribution in [3.8, 4) is 17.1 Å². The lowest BCUT2D eigenvalue weighted by Gasteiger charge is -2.40. The quantitative estimate of drug-likeness (QED) is 0.577. The summed E-state index contributed by atoms with van der Waals surface area (Å²) in [5.74, 6) is 1.76. The number of carbonyl (C=O) groups excluding carboxylic acids is 1. The van der Waals surface area contributed by atoms with Gasteiger partial charge in [-0.3, -0.25) is 9.89 Å². The number of carbonyl (C=O) groups is 1. The largest absolute Gasteiger partial charge is 0.497 e. The highest BCUT2D eigenvalue weighted by molar-refractivity contribution is 8.00. The number of benzene rings is 2. The molecule has 1 aromatic heterocycles. The van der Waals surface area contributed by atoms with Crippen molar-refractivity contribution in [2.45, 2.75) is 21.3 Å². The molecule has 0 fully saturated rings. The lowest BCUT2D eigenvalue weighted by Crippen LogP contribution is -2.48. The fourth-order valence-corrected chi connectivity index (χ4v) is 5.58. The zero-order chi connectivity index (χ0) is 21.2. The van der Waals surface area contributed by atoms with E-state index >= 15 is 0 Å². The Labute approximate surface area is 188 Å². The molecule has 0 unspecified atom stereocenters. The van der Waals surface area contributed by atoms with Crippen LogP contribution in [-0.2, 0) is 4.79 Å². The molecule has 5 rings (SSSR count). The van der Waals surface area contributed by atoms with Gasteiger partial charge in [0, 0.05) is 10.5 Å². The molecule has 0 bridgehead atoms. The van der Waals surface area contributed by atoms with E-state index in [1.807, 2.05) is 59.5 Å². The molecule has 2 aliphatic rings. The second-order valence-corrected chi connectivity index (χ2v) is 9.22. The van der Waals surface area contributed by atoms with Crippen LogP contribution in [-0.4, -0.2) is 45.2 Å². The number of para-hydroxylation sites is 1. The second-order valence-electron chi connectivity index (χ2n) is 7.06. The summed E-state index contributed by atoms with van der Waals surface area (Å²) in [6.45, 7) is 0. The number of hydrogen-bond donors (Lipinski definition) is 1. The molecule has 0 saturated heterocycles. The Morgan fingerprint density at radius 2 is 1.97 bits per heavy atom. The number of aromatic amines is 1. The molecule has 8 heteroatoms. The van der Waals surface area contributed by atoms with Gasteiger partial charge in [0.2, 0.25) is 11.1 Å². The number of allylic oxidation sites excluding steroid dienone is 2. The summed E-state index contributed by atoms with van der Waals surface area (Å²) in [5, 5.41) is 8.00. The highest BCUT2D eigenvalue weighted by atomic mass is 32.2. The Morgan fingerprint density at radius 1 is 1.16 bits per heavy atom. The lowest BCUT2D eigenvalue weighted by molar-refractivity contribution is -0.116. The monoisotopic (exact) mass is 448 g/mol. The summed E-state index contributed by atoms with van der Waals surface area (Å²) in [4.78, 5) is 20.9. The molecule has 0 spiro atoms. The number of fused-ring (bicyclic) bond motifs is 2. The smallest absolute Gasteiger partial charge is 0.238 e. The standard InChI is InChI=1S/C23H20N4O2S2/c1-29-16-12-10-15(11-13-16)22-24-23(26-25-22)30-14-21(28)27-17-6-2-4-8-19(17)31-20-9-5-3-7-18(20)27/h2-13,17,19H,14H2,1H3,(H,24,25,26)/t17-,19-/m0/s1.